The summed E-state index contributed by atoms with van der Waals surface area (Å²) in [6.45, 7) is 6.57. The lowest BCUT2D eigenvalue weighted by Crippen LogP contribution is -2.57. The van der Waals surface area contributed by atoms with E-state index >= 15 is 0 Å². The van der Waals surface area contributed by atoms with Gasteiger partial charge in [-0.15, -0.1) is 0 Å². The van der Waals surface area contributed by atoms with Crippen molar-refractivity contribution in [2.24, 2.45) is 5.92 Å². The Morgan fingerprint density at radius 2 is 1.76 bits per heavy atom. The molecule has 6 rings (SSSR count). The largest absolute Gasteiger partial charge is 0.434 e. The van der Waals surface area contributed by atoms with Gasteiger partial charge in [0.05, 0.1) is 13.2 Å². The van der Waals surface area contributed by atoms with Crippen LogP contribution in [0.3, 0.4) is 0 Å². The summed E-state index contributed by atoms with van der Waals surface area (Å²) in [6, 6.07) is 12.1. The van der Waals surface area contributed by atoms with Crippen molar-refractivity contribution in [1.29, 1.82) is 0 Å². The smallest absolute Gasteiger partial charge is 0.251 e. The zero-order valence-electron chi connectivity index (χ0n) is 16.5. The lowest BCUT2D eigenvalue weighted by Gasteiger charge is -2.44. The van der Waals surface area contributed by atoms with Crippen molar-refractivity contribution in [3.8, 4) is 0 Å². The van der Waals surface area contributed by atoms with Crippen LogP contribution in [-0.4, -0.2) is 62.8 Å². The fraction of sp³-hybridized carbons (Fsp3) is 0.500. The summed E-state index contributed by atoms with van der Waals surface area (Å²) in [5.74, 6) is 1.57. The standard InChI is InChI=1S/C22H27N3O3S/c26-22(23-19-15-24-9-7-16(19)8-10-24)17-1-3-18(4-2-17)29-21-6-5-20(28-21)25-11-13-27-14-12-25/h1-6,16,19H,7-15H2,(H,23,26)/t19-/m0/s1. The molecule has 29 heavy (non-hydrogen) atoms. The predicted octanol–water partition coefficient (Wildman–Crippen LogP) is 3.09. The van der Waals surface area contributed by atoms with Gasteiger partial charge in [0.1, 0.15) is 0 Å². The Bertz CT molecular complexity index is 839. The number of morpholine rings is 1. The maximum Gasteiger partial charge on any atom is 0.251 e. The number of ether oxygens (including phenoxy) is 1. The van der Waals surface area contributed by atoms with Crippen molar-refractivity contribution in [1.82, 2.24) is 10.2 Å². The van der Waals surface area contributed by atoms with E-state index in [1.165, 1.54) is 25.9 Å². The highest BCUT2D eigenvalue weighted by Gasteiger charge is 2.34. The topological polar surface area (TPSA) is 58.0 Å². The van der Waals surface area contributed by atoms with Gasteiger partial charge in [0.15, 0.2) is 11.0 Å². The summed E-state index contributed by atoms with van der Waals surface area (Å²) in [5.41, 5.74) is 0.722. The molecule has 0 spiro atoms. The second kappa shape index (κ2) is 8.42. The van der Waals surface area contributed by atoms with E-state index in [0.29, 0.717) is 12.0 Å². The Labute approximate surface area is 175 Å². The van der Waals surface area contributed by atoms with Crippen LogP contribution in [-0.2, 0) is 4.74 Å². The summed E-state index contributed by atoms with van der Waals surface area (Å²) >= 11 is 1.58. The molecule has 7 heteroatoms. The molecule has 2 aromatic rings. The molecule has 0 radical (unpaired) electrons. The minimum atomic E-state index is 0.0351. The Hall–Kier alpha value is -1.96. The van der Waals surface area contributed by atoms with Crippen LogP contribution in [0.25, 0.3) is 0 Å². The summed E-state index contributed by atoms with van der Waals surface area (Å²) < 4.78 is 11.4. The van der Waals surface area contributed by atoms with Crippen molar-refractivity contribution < 1.29 is 13.9 Å². The number of nitrogens with one attached hydrogen (secondary N) is 1. The van der Waals surface area contributed by atoms with Crippen LogP contribution in [0.15, 0.2) is 50.8 Å². The second-order valence-electron chi connectivity index (χ2n) is 8.04. The van der Waals surface area contributed by atoms with Crippen LogP contribution in [0, 0.1) is 5.92 Å². The van der Waals surface area contributed by atoms with E-state index in [0.717, 1.165) is 54.3 Å². The van der Waals surface area contributed by atoms with Gasteiger partial charge in [-0.05, 0) is 62.2 Å². The van der Waals surface area contributed by atoms with Gasteiger partial charge in [0.2, 0.25) is 0 Å². The highest BCUT2D eigenvalue weighted by atomic mass is 32.2. The minimum Gasteiger partial charge on any atom is -0.434 e. The van der Waals surface area contributed by atoms with E-state index in [1.807, 2.05) is 36.4 Å². The van der Waals surface area contributed by atoms with Crippen LogP contribution in [0.5, 0.6) is 0 Å². The third-order valence-corrected chi connectivity index (χ3v) is 7.13. The van der Waals surface area contributed by atoms with Crippen LogP contribution in [0.4, 0.5) is 5.88 Å². The summed E-state index contributed by atoms with van der Waals surface area (Å²) in [5, 5.41) is 4.11. The number of furan rings is 1. The van der Waals surface area contributed by atoms with Crippen molar-refractivity contribution in [3.63, 3.8) is 0 Å². The Morgan fingerprint density at radius 1 is 1.00 bits per heavy atom. The highest BCUT2D eigenvalue weighted by Crippen LogP contribution is 2.32. The molecule has 0 unspecified atom stereocenters. The predicted molar refractivity (Wildman–Crippen MR) is 113 cm³/mol. The zero-order valence-corrected chi connectivity index (χ0v) is 17.3. The molecule has 4 aliphatic heterocycles. The first-order valence-corrected chi connectivity index (χ1v) is 11.3. The molecule has 0 saturated carbocycles. The number of hydrogen-bond donors (Lipinski definition) is 1. The second-order valence-corrected chi connectivity index (χ2v) is 9.11. The highest BCUT2D eigenvalue weighted by molar-refractivity contribution is 7.99. The lowest BCUT2D eigenvalue weighted by molar-refractivity contribution is 0.0620. The van der Waals surface area contributed by atoms with Crippen molar-refractivity contribution in [3.05, 3.63) is 42.0 Å². The first-order chi connectivity index (χ1) is 14.2. The molecule has 1 aromatic heterocycles. The number of rotatable bonds is 5. The molecule has 1 atom stereocenters. The number of hydrogen-bond acceptors (Lipinski definition) is 6. The van der Waals surface area contributed by atoms with Crippen LogP contribution in [0.1, 0.15) is 23.2 Å². The van der Waals surface area contributed by atoms with Gasteiger partial charge in [0, 0.05) is 42.2 Å². The molecular formula is C22H27N3O3S. The number of carbonyl (C=O) groups is 1. The monoisotopic (exact) mass is 413 g/mol. The van der Waals surface area contributed by atoms with E-state index in [2.05, 4.69) is 15.1 Å². The van der Waals surface area contributed by atoms with E-state index in [9.17, 15) is 4.79 Å². The van der Waals surface area contributed by atoms with Crippen LogP contribution >= 0.6 is 11.8 Å². The van der Waals surface area contributed by atoms with Gasteiger partial charge in [-0.2, -0.15) is 0 Å². The molecule has 0 aliphatic carbocycles. The summed E-state index contributed by atoms with van der Waals surface area (Å²) in [4.78, 5) is 18.4. The van der Waals surface area contributed by atoms with Crippen molar-refractivity contribution >= 4 is 23.6 Å². The van der Waals surface area contributed by atoms with Crippen molar-refractivity contribution in [2.45, 2.75) is 28.9 Å². The molecular weight excluding hydrogens is 386 g/mol. The fourth-order valence-corrected chi connectivity index (χ4v) is 5.26. The number of fused-ring (bicyclic) bond motifs is 3. The molecule has 1 N–H and O–H groups in total. The van der Waals surface area contributed by atoms with Gasteiger partial charge in [0.25, 0.3) is 5.91 Å². The quantitative estimate of drug-likeness (QED) is 0.813. The number of amides is 1. The van der Waals surface area contributed by atoms with Gasteiger partial charge in [-0.1, -0.05) is 11.8 Å². The zero-order chi connectivity index (χ0) is 19.6. The number of benzene rings is 1. The first-order valence-electron chi connectivity index (χ1n) is 10.5. The molecule has 4 saturated heterocycles. The van der Waals surface area contributed by atoms with E-state index < -0.39 is 0 Å². The third-order valence-electron chi connectivity index (χ3n) is 6.20. The number of carbonyl (C=O) groups excluding carboxylic acids is 1. The molecule has 4 aliphatic rings. The molecule has 1 amide bonds. The molecule has 5 heterocycles. The normalized spacial score (nSPS) is 26.5. The summed E-state index contributed by atoms with van der Waals surface area (Å²) in [6.07, 6.45) is 2.41. The van der Waals surface area contributed by atoms with E-state index in [1.54, 1.807) is 11.8 Å². The average molecular weight is 414 g/mol. The number of nitrogens with zero attached hydrogens (tertiary/aromatic N) is 2. The minimum absolute atomic E-state index is 0.0351. The van der Waals surface area contributed by atoms with Crippen LogP contribution < -0.4 is 10.2 Å². The van der Waals surface area contributed by atoms with Gasteiger partial charge < -0.3 is 24.3 Å². The van der Waals surface area contributed by atoms with Gasteiger partial charge in [-0.3, -0.25) is 4.79 Å². The average Bonchev–Trinajstić information content (AvgIpc) is 3.24. The summed E-state index contributed by atoms with van der Waals surface area (Å²) in [7, 11) is 0. The molecule has 2 bridgehead atoms. The first kappa shape index (κ1) is 19.0. The fourth-order valence-electron chi connectivity index (χ4n) is 4.49. The maximum atomic E-state index is 12.7. The Balaban J connectivity index is 1.18. The third kappa shape index (κ3) is 4.32. The molecule has 1 aromatic carbocycles. The molecule has 6 nitrogen and oxygen atoms in total. The molecule has 4 fully saturated rings. The van der Waals surface area contributed by atoms with E-state index in [4.69, 9.17) is 9.15 Å². The van der Waals surface area contributed by atoms with Gasteiger partial charge >= 0.3 is 0 Å². The Kier molecular flexibility index (Phi) is 5.52. The van der Waals surface area contributed by atoms with Crippen molar-refractivity contribution in [2.75, 3.05) is 50.8 Å². The number of piperidine rings is 3. The SMILES string of the molecule is O=C(N[C@H]1CN2CCC1CC2)c1ccc(Sc2ccc(N3CCOCC3)o2)cc1. The number of anilines is 1. The van der Waals surface area contributed by atoms with Crippen LogP contribution in [0.2, 0.25) is 0 Å². The Morgan fingerprint density at radius 3 is 2.45 bits per heavy atom. The maximum absolute atomic E-state index is 12.7. The van der Waals surface area contributed by atoms with E-state index in [-0.39, 0.29) is 5.91 Å². The molecule has 154 valence electrons. The van der Waals surface area contributed by atoms with Gasteiger partial charge in [-0.25, -0.2) is 0 Å². The lowest BCUT2D eigenvalue weighted by atomic mass is 9.84.